The molecule has 3 aromatic heterocycles. The van der Waals surface area contributed by atoms with E-state index in [0.717, 1.165) is 55.3 Å². The lowest BCUT2D eigenvalue weighted by Gasteiger charge is -2.24. The maximum Gasteiger partial charge on any atom is 0.221 e. The number of hydrogen-bond acceptors (Lipinski definition) is 5. The fraction of sp³-hybridized carbons (Fsp3) is 0.500. The van der Waals surface area contributed by atoms with E-state index in [2.05, 4.69) is 80.1 Å². The number of benzene rings is 1. The summed E-state index contributed by atoms with van der Waals surface area (Å²) in [5, 5.41) is 19.7. The van der Waals surface area contributed by atoms with Gasteiger partial charge in [0.15, 0.2) is 5.82 Å². The third-order valence-electron chi connectivity index (χ3n) is 6.78. The van der Waals surface area contributed by atoms with Crippen LogP contribution in [0.15, 0.2) is 36.4 Å². The average molecular weight is 459 g/mol. The standard InChI is InChI=1S/C26H34N8/c1-3-8-24-27-25(9-4-2)33(30-24)18-19-12-14-21(15-13-19)34-22(20-10-6-5-7-11-20)16-17-23(34)26-28-31-32-29-26/h12-17,20H,3-11,18H2,1-2H3,(H,28,29,31,32). The molecular weight excluding hydrogens is 424 g/mol. The molecule has 4 aromatic rings. The van der Waals surface area contributed by atoms with Crippen LogP contribution in [0.1, 0.15) is 87.6 Å². The van der Waals surface area contributed by atoms with Crippen LogP contribution in [-0.4, -0.2) is 40.0 Å². The first-order valence-electron chi connectivity index (χ1n) is 12.7. The minimum atomic E-state index is 0.567. The fourth-order valence-electron chi connectivity index (χ4n) is 5.12. The second-order valence-electron chi connectivity index (χ2n) is 9.32. The van der Waals surface area contributed by atoms with Gasteiger partial charge in [-0.2, -0.15) is 10.3 Å². The summed E-state index contributed by atoms with van der Waals surface area (Å²) in [5.74, 6) is 3.23. The van der Waals surface area contributed by atoms with Crippen LogP contribution in [0, 0.1) is 0 Å². The Labute approximate surface area is 200 Å². The molecule has 1 N–H and O–H groups in total. The smallest absolute Gasteiger partial charge is 0.221 e. The second-order valence-corrected chi connectivity index (χ2v) is 9.32. The summed E-state index contributed by atoms with van der Waals surface area (Å²) in [6.45, 7) is 5.10. The van der Waals surface area contributed by atoms with Gasteiger partial charge >= 0.3 is 0 Å². The molecule has 0 amide bonds. The molecule has 0 unspecified atom stereocenters. The highest BCUT2D eigenvalue weighted by molar-refractivity contribution is 5.57. The van der Waals surface area contributed by atoms with Crippen molar-refractivity contribution in [2.75, 3.05) is 0 Å². The zero-order chi connectivity index (χ0) is 23.3. The largest absolute Gasteiger partial charge is 0.310 e. The lowest BCUT2D eigenvalue weighted by Crippen LogP contribution is -2.11. The van der Waals surface area contributed by atoms with E-state index in [0.29, 0.717) is 11.7 Å². The third kappa shape index (κ3) is 4.67. The van der Waals surface area contributed by atoms with Gasteiger partial charge in [-0.15, -0.1) is 10.2 Å². The highest BCUT2D eigenvalue weighted by atomic mass is 15.5. The summed E-state index contributed by atoms with van der Waals surface area (Å²) in [6.07, 6.45) is 10.4. The molecule has 8 nitrogen and oxygen atoms in total. The Morgan fingerprint density at radius 2 is 1.74 bits per heavy atom. The summed E-state index contributed by atoms with van der Waals surface area (Å²) in [4.78, 5) is 4.77. The first kappa shape index (κ1) is 22.5. The summed E-state index contributed by atoms with van der Waals surface area (Å²) in [5.41, 5.74) is 4.68. The molecule has 3 heterocycles. The van der Waals surface area contributed by atoms with E-state index in [1.54, 1.807) is 0 Å². The molecule has 178 valence electrons. The predicted octanol–water partition coefficient (Wildman–Crippen LogP) is 5.25. The lowest BCUT2D eigenvalue weighted by atomic mass is 9.87. The van der Waals surface area contributed by atoms with Crippen molar-refractivity contribution in [3.63, 3.8) is 0 Å². The van der Waals surface area contributed by atoms with Crippen molar-refractivity contribution in [1.29, 1.82) is 0 Å². The van der Waals surface area contributed by atoms with Crippen LogP contribution in [0.5, 0.6) is 0 Å². The van der Waals surface area contributed by atoms with E-state index in [-0.39, 0.29) is 0 Å². The maximum absolute atomic E-state index is 4.78. The van der Waals surface area contributed by atoms with Gasteiger partial charge in [-0.1, -0.05) is 45.2 Å². The highest BCUT2D eigenvalue weighted by Gasteiger charge is 2.23. The van der Waals surface area contributed by atoms with E-state index in [9.17, 15) is 0 Å². The average Bonchev–Trinajstić information content (AvgIpc) is 3.61. The Bertz CT molecular complexity index is 1180. The minimum Gasteiger partial charge on any atom is -0.310 e. The maximum atomic E-state index is 4.78. The molecule has 1 saturated carbocycles. The monoisotopic (exact) mass is 458 g/mol. The van der Waals surface area contributed by atoms with Gasteiger partial charge in [0.05, 0.1) is 12.2 Å². The Hall–Kier alpha value is -3.29. The molecule has 0 aliphatic heterocycles. The fourth-order valence-corrected chi connectivity index (χ4v) is 5.12. The minimum absolute atomic E-state index is 0.567. The van der Waals surface area contributed by atoms with Crippen LogP contribution >= 0.6 is 0 Å². The summed E-state index contributed by atoms with van der Waals surface area (Å²) >= 11 is 0. The van der Waals surface area contributed by atoms with Gasteiger partial charge in [0.1, 0.15) is 5.82 Å². The summed E-state index contributed by atoms with van der Waals surface area (Å²) in [7, 11) is 0. The number of rotatable bonds is 9. The van der Waals surface area contributed by atoms with Gasteiger partial charge in [0.2, 0.25) is 5.82 Å². The van der Waals surface area contributed by atoms with Crippen LogP contribution < -0.4 is 0 Å². The quantitative estimate of drug-likeness (QED) is 0.370. The zero-order valence-electron chi connectivity index (χ0n) is 20.2. The Morgan fingerprint density at radius 1 is 0.941 bits per heavy atom. The molecule has 5 rings (SSSR count). The molecule has 0 bridgehead atoms. The molecule has 0 atom stereocenters. The van der Waals surface area contributed by atoms with Gasteiger partial charge < -0.3 is 4.57 Å². The normalized spacial score (nSPS) is 14.6. The number of H-pyrrole nitrogens is 1. The summed E-state index contributed by atoms with van der Waals surface area (Å²) < 4.78 is 4.40. The van der Waals surface area contributed by atoms with Gasteiger partial charge in [0, 0.05) is 24.2 Å². The Kier molecular flexibility index (Phi) is 6.83. The third-order valence-corrected chi connectivity index (χ3v) is 6.78. The summed E-state index contributed by atoms with van der Waals surface area (Å²) in [6, 6.07) is 13.2. The van der Waals surface area contributed by atoms with Gasteiger partial charge in [0.25, 0.3) is 0 Å². The van der Waals surface area contributed by atoms with Gasteiger partial charge in [-0.25, -0.2) is 9.67 Å². The first-order chi connectivity index (χ1) is 16.8. The van der Waals surface area contributed by atoms with Crippen molar-refractivity contribution in [1.82, 2.24) is 40.0 Å². The Balaban J connectivity index is 1.45. The molecule has 0 spiro atoms. The van der Waals surface area contributed by atoms with E-state index in [1.165, 1.54) is 43.4 Å². The van der Waals surface area contributed by atoms with E-state index < -0.39 is 0 Å². The molecule has 1 aliphatic carbocycles. The number of aromatic amines is 1. The number of aryl methyl sites for hydroxylation is 2. The van der Waals surface area contributed by atoms with Crippen molar-refractivity contribution in [3.05, 3.63) is 59.3 Å². The lowest BCUT2D eigenvalue weighted by molar-refractivity contribution is 0.433. The van der Waals surface area contributed by atoms with Crippen LogP contribution in [-0.2, 0) is 19.4 Å². The van der Waals surface area contributed by atoms with Crippen LogP contribution in [0.3, 0.4) is 0 Å². The molecule has 1 aromatic carbocycles. The van der Waals surface area contributed by atoms with Crippen LogP contribution in [0.4, 0.5) is 0 Å². The predicted molar refractivity (Wildman–Crippen MR) is 132 cm³/mol. The number of aromatic nitrogens is 8. The van der Waals surface area contributed by atoms with Crippen LogP contribution in [0.2, 0.25) is 0 Å². The number of hydrogen-bond donors (Lipinski definition) is 1. The van der Waals surface area contributed by atoms with E-state index >= 15 is 0 Å². The molecule has 8 heteroatoms. The van der Waals surface area contributed by atoms with Gasteiger partial charge in [-0.3, -0.25) is 0 Å². The second kappa shape index (κ2) is 10.3. The molecule has 0 saturated heterocycles. The first-order valence-corrected chi connectivity index (χ1v) is 12.7. The highest BCUT2D eigenvalue weighted by Crippen LogP contribution is 2.36. The van der Waals surface area contributed by atoms with Crippen molar-refractivity contribution in [2.45, 2.75) is 84.1 Å². The number of tetrazole rings is 1. The van der Waals surface area contributed by atoms with Crippen molar-refractivity contribution in [3.8, 4) is 17.2 Å². The number of nitrogens with zero attached hydrogens (tertiary/aromatic N) is 7. The van der Waals surface area contributed by atoms with Crippen LogP contribution in [0.25, 0.3) is 17.2 Å². The molecule has 1 fully saturated rings. The van der Waals surface area contributed by atoms with Crippen molar-refractivity contribution >= 4 is 0 Å². The molecule has 0 radical (unpaired) electrons. The molecule has 1 aliphatic rings. The van der Waals surface area contributed by atoms with E-state index in [4.69, 9.17) is 10.1 Å². The van der Waals surface area contributed by atoms with Crippen molar-refractivity contribution < 1.29 is 0 Å². The van der Waals surface area contributed by atoms with Gasteiger partial charge in [-0.05, 0) is 66.6 Å². The molecule has 34 heavy (non-hydrogen) atoms. The van der Waals surface area contributed by atoms with Crippen molar-refractivity contribution in [2.24, 2.45) is 0 Å². The number of nitrogens with one attached hydrogen (secondary N) is 1. The molecular formula is C26H34N8. The topological polar surface area (TPSA) is 90.1 Å². The SMILES string of the molecule is CCCc1nc(CCC)n(Cc2ccc(-n3c(-c4nn[nH]n4)ccc3C3CCCCC3)cc2)n1. The van der Waals surface area contributed by atoms with E-state index in [1.807, 2.05) is 0 Å². The zero-order valence-corrected chi connectivity index (χ0v) is 20.2. The Morgan fingerprint density at radius 3 is 2.44 bits per heavy atom.